The van der Waals surface area contributed by atoms with Crippen molar-refractivity contribution in [1.29, 1.82) is 0 Å². The lowest BCUT2D eigenvalue weighted by molar-refractivity contribution is 0.597. The highest BCUT2D eigenvalue weighted by atomic mass is 35.5. The monoisotopic (exact) mass is 348 g/mol. The van der Waals surface area contributed by atoms with Crippen molar-refractivity contribution in [1.82, 2.24) is 9.97 Å². The Morgan fingerprint density at radius 3 is 2.38 bits per heavy atom. The minimum absolute atomic E-state index is 0.0565. The summed E-state index contributed by atoms with van der Waals surface area (Å²) < 4.78 is 48.8. The normalized spacial score (nSPS) is 12.1. The molecular formula is C10H9ClN4O4S2. The summed E-state index contributed by atoms with van der Waals surface area (Å²) in [5.74, 6) is -0.233. The van der Waals surface area contributed by atoms with Crippen molar-refractivity contribution in [3.63, 3.8) is 0 Å². The zero-order valence-electron chi connectivity index (χ0n) is 10.3. The molecule has 1 aromatic heterocycles. The van der Waals surface area contributed by atoms with E-state index in [-0.39, 0.29) is 20.9 Å². The first kappa shape index (κ1) is 15.6. The molecule has 2 rings (SSSR count). The zero-order chi connectivity index (χ0) is 15.7. The summed E-state index contributed by atoms with van der Waals surface area (Å²) in [5, 5.41) is 5.01. The Bertz CT molecular complexity index is 883. The van der Waals surface area contributed by atoms with Crippen LogP contribution in [0.2, 0.25) is 5.15 Å². The van der Waals surface area contributed by atoms with Crippen LogP contribution in [-0.4, -0.2) is 26.8 Å². The van der Waals surface area contributed by atoms with Crippen LogP contribution < -0.4 is 9.86 Å². The molecule has 0 spiro atoms. The van der Waals surface area contributed by atoms with Gasteiger partial charge in [0.05, 0.1) is 9.79 Å². The van der Waals surface area contributed by atoms with E-state index in [2.05, 4.69) is 14.7 Å². The molecular weight excluding hydrogens is 340 g/mol. The Morgan fingerprint density at radius 2 is 1.76 bits per heavy atom. The second-order valence-electron chi connectivity index (χ2n) is 3.83. The molecule has 11 heteroatoms. The highest BCUT2D eigenvalue weighted by molar-refractivity contribution is 7.92. The average Bonchev–Trinajstić information content (AvgIpc) is 2.37. The van der Waals surface area contributed by atoms with Gasteiger partial charge < -0.3 is 0 Å². The Hall–Kier alpha value is -1.75. The summed E-state index contributed by atoms with van der Waals surface area (Å²) in [6.07, 6.45) is 1.27. The van der Waals surface area contributed by atoms with E-state index in [1.54, 1.807) is 0 Å². The van der Waals surface area contributed by atoms with Crippen LogP contribution >= 0.6 is 11.6 Å². The van der Waals surface area contributed by atoms with E-state index in [1.165, 1.54) is 30.5 Å². The molecule has 21 heavy (non-hydrogen) atoms. The number of sulfonamides is 2. The van der Waals surface area contributed by atoms with E-state index < -0.39 is 20.0 Å². The van der Waals surface area contributed by atoms with Crippen molar-refractivity contribution < 1.29 is 16.8 Å². The number of primary sulfonamides is 1. The fourth-order valence-electron chi connectivity index (χ4n) is 1.38. The van der Waals surface area contributed by atoms with Crippen LogP contribution in [0.3, 0.4) is 0 Å². The quantitative estimate of drug-likeness (QED) is 0.776. The number of nitrogens with zero attached hydrogens (tertiary/aromatic N) is 2. The summed E-state index contributed by atoms with van der Waals surface area (Å²) in [7, 11) is -8.08. The maximum Gasteiger partial charge on any atom is 0.264 e. The van der Waals surface area contributed by atoms with E-state index >= 15 is 0 Å². The van der Waals surface area contributed by atoms with Crippen LogP contribution in [0.25, 0.3) is 0 Å². The van der Waals surface area contributed by atoms with Crippen molar-refractivity contribution in [3.8, 4) is 0 Å². The van der Waals surface area contributed by atoms with Crippen LogP contribution in [0.4, 0.5) is 5.95 Å². The van der Waals surface area contributed by atoms with E-state index in [9.17, 15) is 16.8 Å². The van der Waals surface area contributed by atoms with Crippen molar-refractivity contribution in [2.24, 2.45) is 5.14 Å². The van der Waals surface area contributed by atoms with Gasteiger partial charge in [0.1, 0.15) is 5.15 Å². The third-order valence-corrected chi connectivity index (χ3v) is 4.74. The van der Waals surface area contributed by atoms with Crippen molar-refractivity contribution in [3.05, 3.63) is 41.7 Å². The van der Waals surface area contributed by atoms with E-state index in [0.29, 0.717) is 0 Å². The molecule has 0 bridgehead atoms. The van der Waals surface area contributed by atoms with E-state index in [1.807, 2.05) is 0 Å². The Labute approximate surface area is 126 Å². The van der Waals surface area contributed by atoms with Gasteiger partial charge in [-0.2, -0.15) is 0 Å². The first-order valence-electron chi connectivity index (χ1n) is 5.33. The second-order valence-corrected chi connectivity index (χ2v) is 7.46. The molecule has 0 amide bonds. The van der Waals surface area contributed by atoms with Crippen LogP contribution in [0.15, 0.2) is 46.3 Å². The van der Waals surface area contributed by atoms with E-state index in [0.717, 1.165) is 6.07 Å². The van der Waals surface area contributed by atoms with Crippen molar-refractivity contribution in [2.75, 3.05) is 4.72 Å². The third kappa shape index (κ3) is 3.88. The highest BCUT2D eigenvalue weighted by Gasteiger charge is 2.18. The van der Waals surface area contributed by atoms with Gasteiger partial charge in [-0.1, -0.05) is 17.7 Å². The molecule has 3 N–H and O–H groups in total. The summed E-state index contributed by atoms with van der Waals surface area (Å²) >= 11 is 5.62. The van der Waals surface area contributed by atoms with Crippen molar-refractivity contribution in [2.45, 2.75) is 9.79 Å². The third-order valence-electron chi connectivity index (χ3n) is 2.29. The number of nitrogens with one attached hydrogen (secondary N) is 1. The number of hydrogen-bond acceptors (Lipinski definition) is 6. The molecule has 0 saturated carbocycles. The van der Waals surface area contributed by atoms with Crippen LogP contribution in [0.1, 0.15) is 0 Å². The molecule has 0 unspecified atom stereocenters. The molecule has 1 heterocycles. The molecule has 0 radical (unpaired) electrons. The summed E-state index contributed by atoms with van der Waals surface area (Å²) in [5.41, 5.74) is 0. The summed E-state index contributed by atoms with van der Waals surface area (Å²) in [6.45, 7) is 0. The Morgan fingerprint density at radius 1 is 1.10 bits per heavy atom. The van der Waals surface area contributed by atoms with Crippen LogP contribution in [0.5, 0.6) is 0 Å². The first-order chi connectivity index (χ1) is 9.68. The smallest absolute Gasteiger partial charge is 0.247 e. The molecule has 0 fully saturated rings. The number of hydrogen-bond donors (Lipinski definition) is 2. The summed E-state index contributed by atoms with van der Waals surface area (Å²) in [4.78, 5) is 6.75. The molecule has 0 aliphatic carbocycles. The SMILES string of the molecule is NS(=O)(=O)c1cccc(S(=O)(=O)Nc2nccc(Cl)n2)c1. The molecule has 0 atom stereocenters. The predicted molar refractivity (Wildman–Crippen MR) is 75.7 cm³/mol. The number of aromatic nitrogens is 2. The van der Waals surface area contributed by atoms with Crippen molar-refractivity contribution >= 4 is 37.6 Å². The average molecular weight is 349 g/mol. The lowest BCUT2D eigenvalue weighted by Gasteiger charge is -2.07. The lowest BCUT2D eigenvalue weighted by Crippen LogP contribution is -2.17. The van der Waals surface area contributed by atoms with Gasteiger partial charge in [0.25, 0.3) is 10.0 Å². The number of nitrogens with two attached hydrogens (primary N) is 1. The standard InChI is InChI=1S/C10H9ClN4O4S2/c11-9-4-5-13-10(14-9)15-21(18,19)8-3-1-2-7(6-8)20(12,16)17/h1-6H,(H2,12,16,17)(H,13,14,15). The maximum absolute atomic E-state index is 12.1. The minimum Gasteiger partial charge on any atom is -0.247 e. The number of halogens is 1. The van der Waals surface area contributed by atoms with Gasteiger partial charge in [-0.15, -0.1) is 0 Å². The highest BCUT2D eigenvalue weighted by Crippen LogP contribution is 2.17. The van der Waals surface area contributed by atoms with Crippen LogP contribution in [0, 0.1) is 0 Å². The van der Waals surface area contributed by atoms with Gasteiger partial charge >= 0.3 is 0 Å². The fourth-order valence-corrected chi connectivity index (χ4v) is 3.15. The molecule has 2 aromatic rings. The van der Waals surface area contributed by atoms with Crippen LogP contribution in [-0.2, 0) is 20.0 Å². The molecule has 0 saturated heterocycles. The molecule has 0 aliphatic rings. The zero-order valence-corrected chi connectivity index (χ0v) is 12.7. The molecule has 1 aromatic carbocycles. The van der Waals surface area contributed by atoms with Gasteiger partial charge in [-0.05, 0) is 24.3 Å². The molecule has 0 aliphatic heterocycles. The fraction of sp³-hybridized carbons (Fsp3) is 0. The van der Waals surface area contributed by atoms with Gasteiger partial charge in [0.2, 0.25) is 16.0 Å². The maximum atomic E-state index is 12.1. The largest absolute Gasteiger partial charge is 0.264 e. The van der Waals surface area contributed by atoms with E-state index in [4.69, 9.17) is 16.7 Å². The van der Waals surface area contributed by atoms with Gasteiger partial charge in [-0.3, -0.25) is 0 Å². The lowest BCUT2D eigenvalue weighted by atomic mass is 10.4. The number of anilines is 1. The van der Waals surface area contributed by atoms with Gasteiger partial charge in [0.15, 0.2) is 0 Å². The Kier molecular flexibility index (Phi) is 4.14. The minimum atomic E-state index is -4.07. The predicted octanol–water partition coefficient (Wildman–Crippen LogP) is 0.578. The van der Waals surface area contributed by atoms with Gasteiger partial charge in [0, 0.05) is 6.20 Å². The second kappa shape index (κ2) is 5.56. The Balaban J connectivity index is 2.41. The molecule has 112 valence electrons. The van der Waals surface area contributed by atoms with Gasteiger partial charge in [-0.25, -0.2) is 36.7 Å². The summed E-state index contributed by atoms with van der Waals surface area (Å²) in [6, 6.07) is 5.96. The number of rotatable bonds is 4. The molecule has 8 nitrogen and oxygen atoms in total. The number of benzene rings is 1. The topological polar surface area (TPSA) is 132 Å². The first-order valence-corrected chi connectivity index (χ1v) is 8.73.